The number of carbonyl (C=O) groups excluding carboxylic acids is 2. The van der Waals surface area contributed by atoms with E-state index < -0.39 is 5.97 Å². The lowest BCUT2D eigenvalue weighted by Crippen LogP contribution is -2.36. The zero-order chi connectivity index (χ0) is 24.5. The van der Waals surface area contributed by atoms with Gasteiger partial charge in [0.25, 0.3) is 5.91 Å². The normalized spacial score (nSPS) is 12.5. The van der Waals surface area contributed by atoms with Crippen LogP contribution >= 0.6 is 0 Å². The Kier molecular flexibility index (Phi) is 8.22. The van der Waals surface area contributed by atoms with Crippen LogP contribution in [0.1, 0.15) is 28.8 Å². The van der Waals surface area contributed by atoms with Crippen LogP contribution in [0.5, 0.6) is 17.2 Å². The van der Waals surface area contributed by atoms with Crippen LogP contribution in [0.25, 0.3) is 0 Å². The van der Waals surface area contributed by atoms with Gasteiger partial charge in [0.15, 0.2) is 6.61 Å². The first-order valence-electron chi connectivity index (χ1n) is 11.6. The number of amides is 1. The van der Waals surface area contributed by atoms with Crippen molar-refractivity contribution in [1.82, 2.24) is 4.90 Å². The summed E-state index contributed by atoms with van der Waals surface area (Å²) < 4.78 is 21.9. The van der Waals surface area contributed by atoms with Crippen LogP contribution in [0.3, 0.4) is 0 Å². The average molecular weight is 476 g/mol. The Labute approximate surface area is 205 Å². The molecule has 7 nitrogen and oxygen atoms in total. The van der Waals surface area contributed by atoms with Crippen molar-refractivity contribution >= 4 is 11.9 Å². The lowest BCUT2D eigenvalue weighted by Gasteiger charge is -2.22. The summed E-state index contributed by atoms with van der Waals surface area (Å²) in [4.78, 5) is 27.4. The van der Waals surface area contributed by atoms with E-state index in [1.807, 2.05) is 54.6 Å². The molecule has 0 unspecified atom stereocenters. The van der Waals surface area contributed by atoms with E-state index in [9.17, 15) is 9.59 Å². The van der Waals surface area contributed by atoms with Gasteiger partial charge in [-0.2, -0.15) is 0 Å². The fourth-order valence-electron chi connectivity index (χ4n) is 3.61. The third-order valence-electron chi connectivity index (χ3n) is 5.61. The monoisotopic (exact) mass is 475 g/mol. The summed E-state index contributed by atoms with van der Waals surface area (Å²) in [5.41, 5.74) is 1.27. The van der Waals surface area contributed by atoms with E-state index in [-0.39, 0.29) is 30.7 Å². The molecule has 1 amide bonds. The van der Waals surface area contributed by atoms with Crippen LogP contribution in [0.15, 0.2) is 78.9 Å². The minimum atomic E-state index is -0.599. The number of rotatable bonds is 12. The lowest BCUT2D eigenvalue weighted by atomic mass is 10.2. The molecule has 182 valence electrons. The Bertz CT molecular complexity index is 1110. The largest absolute Gasteiger partial charge is 0.497 e. The summed E-state index contributed by atoms with van der Waals surface area (Å²) in [7, 11) is 1.62. The summed E-state index contributed by atoms with van der Waals surface area (Å²) in [5.74, 6) is 1.08. The zero-order valence-corrected chi connectivity index (χ0v) is 19.7. The molecule has 1 aliphatic rings. The molecule has 7 heteroatoms. The molecular formula is C28H29NO6. The molecule has 0 atom stereocenters. The predicted octanol–water partition coefficient (Wildman–Crippen LogP) is 4.50. The summed E-state index contributed by atoms with van der Waals surface area (Å²) in [5, 5.41) is 0. The Morgan fingerprint density at radius 3 is 2.23 bits per heavy atom. The van der Waals surface area contributed by atoms with Crippen molar-refractivity contribution in [2.24, 2.45) is 0 Å². The zero-order valence-electron chi connectivity index (χ0n) is 19.7. The van der Waals surface area contributed by atoms with E-state index in [1.165, 1.54) is 0 Å². The Balaban J connectivity index is 1.29. The minimum Gasteiger partial charge on any atom is -0.497 e. The smallest absolute Gasteiger partial charge is 0.342 e. The number of esters is 1. The maximum Gasteiger partial charge on any atom is 0.342 e. The lowest BCUT2D eigenvalue weighted by molar-refractivity contribution is -0.135. The van der Waals surface area contributed by atoms with Gasteiger partial charge in [-0.3, -0.25) is 4.79 Å². The van der Waals surface area contributed by atoms with Crippen LogP contribution < -0.4 is 14.2 Å². The van der Waals surface area contributed by atoms with Gasteiger partial charge in [0, 0.05) is 12.6 Å². The Morgan fingerprint density at radius 1 is 0.829 bits per heavy atom. The quantitative estimate of drug-likeness (QED) is 0.284. The van der Waals surface area contributed by atoms with E-state index in [0.29, 0.717) is 18.9 Å². The predicted molar refractivity (Wildman–Crippen MR) is 131 cm³/mol. The summed E-state index contributed by atoms with van der Waals surface area (Å²) in [6.07, 6.45) is 1.91. The van der Waals surface area contributed by atoms with Gasteiger partial charge >= 0.3 is 5.97 Å². The van der Waals surface area contributed by atoms with Crippen LogP contribution in [0.2, 0.25) is 0 Å². The first-order valence-corrected chi connectivity index (χ1v) is 11.6. The van der Waals surface area contributed by atoms with Gasteiger partial charge < -0.3 is 23.8 Å². The van der Waals surface area contributed by atoms with Crippen molar-refractivity contribution < 1.29 is 28.5 Å². The molecule has 0 aromatic heterocycles. The molecule has 0 radical (unpaired) electrons. The van der Waals surface area contributed by atoms with Gasteiger partial charge in [-0.1, -0.05) is 42.5 Å². The van der Waals surface area contributed by atoms with E-state index in [4.69, 9.17) is 18.9 Å². The third kappa shape index (κ3) is 6.99. The molecule has 0 spiro atoms. The molecule has 4 rings (SSSR count). The highest BCUT2D eigenvalue weighted by molar-refractivity contribution is 5.94. The van der Waals surface area contributed by atoms with Crippen molar-refractivity contribution in [1.29, 1.82) is 0 Å². The van der Waals surface area contributed by atoms with Crippen molar-refractivity contribution in [3.63, 3.8) is 0 Å². The van der Waals surface area contributed by atoms with E-state index >= 15 is 0 Å². The van der Waals surface area contributed by atoms with E-state index in [0.717, 1.165) is 29.9 Å². The molecule has 3 aromatic carbocycles. The van der Waals surface area contributed by atoms with Gasteiger partial charge in [-0.05, 0) is 54.8 Å². The highest BCUT2D eigenvalue weighted by Crippen LogP contribution is 2.29. The van der Waals surface area contributed by atoms with E-state index in [1.54, 1.807) is 36.3 Å². The molecule has 0 aliphatic heterocycles. The highest BCUT2D eigenvalue weighted by Gasteiger charge is 2.33. The van der Waals surface area contributed by atoms with Crippen LogP contribution in [0.4, 0.5) is 0 Å². The van der Waals surface area contributed by atoms with Gasteiger partial charge in [0.1, 0.15) is 36.0 Å². The summed E-state index contributed by atoms with van der Waals surface area (Å²) in [6.45, 7) is 0.728. The maximum absolute atomic E-state index is 12.9. The van der Waals surface area contributed by atoms with Crippen LogP contribution in [-0.4, -0.2) is 49.7 Å². The Hall–Kier alpha value is -4.00. The molecule has 0 saturated heterocycles. The van der Waals surface area contributed by atoms with Crippen molar-refractivity contribution in [2.45, 2.75) is 25.4 Å². The summed E-state index contributed by atoms with van der Waals surface area (Å²) >= 11 is 0. The first kappa shape index (κ1) is 24.1. The number of nitrogens with zero attached hydrogens (tertiary/aromatic N) is 1. The average Bonchev–Trinajstić information content (AvgIpc) is 3.75. The molecule has 0 N–H and O–H groups in total. The van der Waals surface area contributed by atoms with Crippen LogP contribution in [0, 0.1) is 0 Å². The molecule has 35 heavy (non-hydrogen) atoms. The molecule has 0 bridgehead atoms. The minimum absolute atomic E-state index is 0.184. The number of hydrogen-bond acceptors (Lipinski definition) is 6. The van der Waals surface area contributed by atoms with Gasteiger partial charge in [-0.15, -0.1) is 0 Å². The van der Waals surface area contributed by atoms with Crippen molar-refractivity contribution in [2.75, 3.05) is 26.9 Å². The third-order valence-corrected chi connectivity index (χ3v) is 5.61. The second-order valence-corrected chi connectivity index (χ2v) is 8.18. The second kappa shape index (κ2) is 11.9. The number of ether oxygens (including phenoxy) is 4. The second-order valence-electron chi connectivity index (χ2n) is 8.18. The molecule has 1 fully saturated rings. The van der Waals surface area contributed by atoms with Gasteiger partial charge in [0.05, 0.1) is 7.11 Å². The van der Waals surface area contributed by atoms with E-state index in [2.05, 4.69) is 0 Å². The van der Waals surface area contributed by atoms with Crippen molar-refractivity contribution in [3.05, 3.63) is 90.0 Å². The number of carbonyl (C=O) groups is 2. The van der Waals surface area contributed by atoms with Gasteiger partial charge in [-0.25, -0.2) is 4.79 Å². The molecule has 0 heterocycles. The molecule has 3 aromatic rings. The fraction of sp³-hybridized carbons (Fsp3) is 0.286. The number of hydrogen-bond donors (Lipinski definition) is 0. The first-order chi connectivity index (χ1) is 17.1. The number of benzene rings is 3. The summed E-state index contributed by atoms with van der Waals surface area (Å²) in [6, 6.07) is 24.0. The number of methoxy groups -OCH3 is 1. The van der Waals surface area contributed by atoms with Crippen LogP contribution in [-0.2, 0) is 16.1 Å². The Morgan fingerprint density at radius 2 is 1.51 bits per heavy atom. The fourth-order valence-corrected chi connectivity index (χ4v) is 3.61. The molecule has 1 saturated carbocycles. The number of para-hydroxylation sites is 2. The topological polar surface area (TPSA) is 74.3 Å². The standard InChI is InChI=1S/C28H29NO6/c1-32-23-15-11-21(12-16-23)19-29(22-13-14-22)27(30)20-35-28(31)25-9-5-6-10-26(25)34-18-17-33-24-7-3-2-4-8-24/h2-12,15-16,22H,13-14,17-20H2,1H3. The van der Waals surface area contributed by atoms with Crippen molar-refractivity contribution in [3.8, 4) is 17.2 Å². The molecular weight excluding hydrogens is 446 g/mol. The molecule has 1 aliphatic carbocycles. The SMILES string of the molecule is COc1ccc(CN(C(=O)COC(=O)c2ccccc2OCCOc2ccccc2)C2CC2)cc1. The highest BCUT2D eigenvalue weighted by atomic mass is 16.5. The maximum atomic E-state index is 12.9. The van der Waals surface area contributed by atoms with Gasteiger partial charge in [0.2, 0.25) is 0 Å².